The van der Waals surface area contributed by atoms with Crippen molar-refractivity contribution in [1.82, 2.24) is 9.88 Å². The van der Waals surface area contributed by atoms with Gasteiger partial charge < -0.3 is 34.3 Å². The van der Waals surface area contributed by atoms with Gasteiger partial charge in [0.25, 0.3) is 5.91 Å². The molecule has 41 heavy (non-hydrogen) atoms. The van der Waals surface area contributed by atoms with Crippen LogP contribution < -0.4 is 5.32 Å². The van der Waals surface area contributed by atoms with Gasteiger partial charge in [-0.2, -0.15) is 0 Å². The molecule has 2 aromatic carbocycles. The van der Waals surface area contributed by atoms with Crippen molar-refractivity contribution in [2.45, 2.75) is 50.7 Å². The molecule has 2 N–H and O–H groups in total. The van der Waals surface area contributed by atoms with E-state index in [0.717, 1.165) is 49.2 Å². The molecule has 0 unspecified atom stereocenters. The molecule has 3 aliphatic rings. The third-order valence-electron chi connectivity index (χ3n) is 8.33. The predicted octanol–water partition coefficient (Wildman–Crippen LogP) is 4.46. The van der Waals surface area contributed by atoms with Crippen molar-refractivity contribution in [2.24, 2.45) is 5.92 Å². The third-order valence-corrected chi connectivity index (χ3v) is 8.33. The van der Waals surface area contributed by atoms with Gasteiger partial charge in [0, 0.05) is 62.0 Å². The lowest BCUT2D eigenvalue weighted by atomic mass is 9.89. The topological polar surface area (TPSA) is 102 Å². The summed E-state index contributed by atoms with van der Waals surface area (Å²) < 4.78 is 25.1. The van der Waals surface area contributed by atoms with Crippen molar-refractivity contribution >= 4 is 11.6 Å². The molecule has 1 amide bonds. The molecule has 4 atom stereocenters. The van der Waals surface area contributed by atoms with Gasteiger partial charge in [-0.15, -0.1) is 0 Å². The summed E-state index contributed by atoms with van der Waals surface area (Å²) in [7, 11) is 0. The molecule has 1 spiro atoms. The summed E-state index contributed by atoms with van der Waals surface area (Å²) in [5, 5.41) is 12.5. The third kappa shape index (κ3) is 6.35. The lowest BCUT2D eigenvalue weighted by Crippen LogP contribution is -2.50. The van der Waals surface area contributed by atoms with E-state index in [1.807, 2.05) is 48.5 Å². The maximum absolute atomic E-state index is 12.7. The molecule has 1 aromatic heterocycles. The van der Waals surface area contributed by atoms with Gasteiger partial charge in [0.15, 0.2) is 12.1 Å². The van der Waals surface area contributed by atoms with E-state index in [2.05, 4.69) is 22.1 Å². The highest BCUT2D eigenvalue weighted by molar-refractivity contribution is 6.04. The van der Waals surface area contributed by atoms with Crippen molar-refractivity contribution < 1.29 is 28.8 Å². The fourth-order valence-electron chi connectivity index (χ4n) is 5.91. The normalized spacial score (nSPS) is 26.2. The summed E-state index contributed by atoms with van der Waals surface area (Å²) in [6.45, 7) is 6.02. The monoisotopic (exact) mass is 559 g/mol. The number of hydrogen-bond acceptors (Lipinski definition) is 8. The van der Waals surface area contributed by atoms with Crippen LogP contribution >= 0.6 is 0 Å². The zero-order valence-corrected chi connectivity index (χ0v) is 23.3. The number of likely N-dealkylation sites (tertiary alicyclic amines) is 1. The van der Waals surface area contributed by atoms with Crippen LogP contribution in [0, 0.1) is 5.92 Å². The summed E-state index contributed by atoms with van der Waals surface area (Å²) in [5.74, 6) is -0.569. The Morgan fingerprint density at radius 1 is 1.02 bits per heavy atom. The number of benzene rings is 2. The zero-order valence-electron chi connectivity index (χ0n) is 23.3. The minimum atomic E-state index is -0.619. The van der Waals surface area contributed by atoms with E-state index in [1.165, 1.54) is 0 Å². The number of amides is 1. The van der Waals surface area contributed by atoms with E-state index >= 15 is 0 Å². The predicted molar refractivity (Wildman–Crippen MR) is 152 cm³/mol. The first-order valence-electron chi connectivity index (χ1n) is 14.3. The largest absolute Gasteiger partial charge is 0.392 e. The number of carbonyl (C=O) groups is 1. The molecule has 3 fully saturated rings. The summed E-state index contributed by atoms with van der Waals surface area (Å²) in [5.41, 5.74) is 3.87. The lowest BCUT2D eigenvalue weighted by molar-refractivity contribution is -0.278. The molecular weight excluding hydrogens is 522 g/mol. The molecule has 0 aliphatic carbocycles. The Hall–Kier alpha value is -3.18. The van der Waals surface area contributed by atoms with Crippen molar-refractivity contribution in [3.8, 4) is 0 Å². The van der Waals surface area contributed by atoms with Crippen LogP contribution in [0.4, 0.5) is 5.69 Å². The van der Waals surface area contributed by atoms with Crippen LogP contribution in [0.2, 0.25) is 0 Å². The molecule has 3 aromatic rings. The Bertz CT molecular complexity index is 1300. The van der Waals surface area contributed by atoms with E-state index in [1.54, 1.807) is 24.5 Å². The Labute approximate surface area is 240 Å². The summed E-state index contributed by atoms with van der Waals surface area (Å²) in [6, 6.07) is 19.0. The highest BCUT2D eigenvalue weighted by Crippen LogP contribution is 2.42. The highest BCUT2D eigenvalue weighted by Gasteiger charge is 2.43. The molecule has 9 heteroatoms. The molecular formula is C32H37N3O6. The van der Waals surface area contributed by atoms with Crippen LogP contribution in [0.1, 0.15) is 59.2 Å². The van der Waals surface area contributed by atoms with Crippen LogP contribution in [-0.4, -0.2) is 65.6 Å². The van der Waals surface area contributed by atoms with Crippen LogP contribution in [-0.2, 0) is 25.6 Å². The molecule has 216 valence electrons. The Balaban J connectivity index is 1.21. The summed E-state index contributed by atoms with van der Waals surface area (Å²) >= 11 is 0. The van der Waals surface area contributed by atoms with Gasteiger partial charge in [0.1, 0.15) is 0 Å². The SMILES string of the molecule is C[C@H]1[C@@H](CN2CCC3(CC2)OCCO3)O[C@@H](c2cccc(NC(=O)c3cccnc3)c2)O[C@H]1c1ccc(CO)cc1. The number of rotatable bonds is 7. The zero-order chi connectivity index (χ0) is 28.2. The number of aliphatic hydroxyl groups is 1. The van der Waals surface area contributed by atoms with Gasteiger partial charge in [-0.05, 0) is 35.4 Å². The van der Waals surface area contributed by atoms with E-state index < -0.39 is 12.1 Å². The molecule has 0 radical (unpaired) electrons. The number of pyridine rings is 1. The molecule has 9 nitrogen and oxygen atoms in total. The number of carbonyl (C=O) groups excluding carboxylic acids is 1. The number of aliphatic hydroxyl groups excluding tert-OH is 1. The second kappa shape index (κ2) is 12.4. The molecule has 3 aliphatic heterocycles. The number of piperidine rings is 1. The standard InChI is InChI=1S/C32H37N3O6/c1-22-28(20-35-14-11-32(12-15-35)38-16-17-39-32)40-31(41-29(22)24-9-7-23(21-36)8-10-24)25-4-2-6-27(18-25)34-30(37)26-5-3-13-33-19-26/h2-10,13,18-19,22,28-29,31,36H,11-12,14-17,20-21H2,1H3,(H,34,37)/t22-,28+,29+,31+/m0/s1. The van der Waals surface area contributed by atoms with Gasteiger partial charge in [-0.3, -0.25) is 9.78 Å². The van der Waals surface area contributed by atoms with Crippen molar-refractivity contribution in [1.29, 1.82) is 0 Å². The Morgan fingerprint density at radius 2 is 1.80 bits per heavy atom. The maximum Gasteiger partial charge on any atom is 0.257 e. The van der Waals surface area contributed by atoms with Gasteiger partial charge in [0.2, 0.25) is 0 Å². The Morgan fingerprint density at radius 3 is 2.51 bits per heavy atom. The van der Waals surface area contributed by atoms with Crippen LogP contribution in [0.3, 0.4) is 0 Å². The van der Waals surface area contributed by atoms with E-state index in [4.69, 9.17) is 18.9 Å². The first-order chi connectivity index (χ1) is 20.0. The molecule has 0 bridgehead atoms. The first-order valence-corrected chi connectivity index (χ1v) is 14.3. The Kier molecular flexibility index (Phi) is 8.43. The van der Waals surface area contributed by atoms with Crippen LogP contribution in [0.5, 0.6) is 0 Å². The maximum atomic E-state index is 12.7. The number of ether oxygens (including phenoxy) is 4. The van der Waals surface area contributed by atoms with Crippen molar-refractivity contribution in [3.63, 3.8) is 0 Å². The molecule has 6 rings (SSSR count). The van der Waals surface area contributed by atoms with Gasteiger partial charge in [-0.25, -0.2) is 0 Å². The number of aromatic nitrogens is 1. The number of nitrogens with zero attached hydrogens (tertiary/aromatic N) is 2. The number of anilines is 1. The van der Waals surface area contributed by atoms with E-state index in [0.29, 0.717) is 24.5 Å². The molecule has 0 saturated carbocycles. The second-order valence-electron chi connectivity index (χ2n) is 11.1. The minimum Gasteiger partial charge on any atom is -0.392 e. The lowest BCUT2D eigenvalue weighted by Gasteiger charge is -2.44. The summed E-state index contributed by atoms with van der Waals surface area (Å²) in [4.78, 5) is 19.2. The van der Waals surface area contributed by atoms with Crippen molar-refractivity contribution in [3.05, 3.63) is 95.3 Å². The van der Waals surface area contributed by atoms with Gasteiger partial charge in [-0.1, -0.05) is 43.3 Å². The van der Waals surface area contributed by atoms with E-state index in [-0.39, 0.29) is 30.6 Å². The highest BCUT2D eigenvalue weighted by atomic mass is 16.7. The summed E-state index contributed by atoms with van der Waals surface area (Å²) in [6.07, 6.45) is 3.95. The smallest absolute Gasteiger partial charge is 0.257 e. The van der Waals surface area contributed by atoms with Crippen molar-refractivity contribution in [2.75, 3.05) is 38.2 Å². The fourth-order valence-corrected chi connectivity index (χ4v) is 5.91. The first kappa shape index (κ1) is 28.0. The average Bonchev–Trinajstić information content (AvgIpc) is 3.48. The second-order valence-corrected chi connectivity index (χ2v) is 11.1. The quantitative estimate of drug-likeness (QED) is 0.438. The number of nitrogens with one attached hydrogen (secondary N) is 1. The fraction of sp³-hybridized carbons (Fsp3) is 0.438. The molecule has 3 saturated heterocycles. The van der Waals surface area contributed by atoms with Crippen LogP contribution in [0.15, 0.2) is 73.1 Å². The minimum absolute atomic E-state index is 0.00282. The molecule has 4 heterocycles. The number of hydrogen-bond donors (Lipinski definition) is 2. The van der Waals surface area contributed by atoms with Gasteiger partial charge >= 0.3 is 0 Å². The average molecular weight is 560 g/mol. The van der Waals surface area contributed by atoms with Crippen LogP contribution in [0.25, 0.3) is 0 Å². The van der Waals surface area contributed by atoms with Gasteiger partial charge in [0.05, 0.1) is 37.6 Å². The van der Waals surface area contributed by atoms with E-state index in [9.17, 15) is 9.90 Å².